The normalized spacial score (nSPS) is 16.0. The van der Waals surface area contributed by atoms with Crippen molar-refractivity contribution in [2.75, 3.05) is 46.9 Å². The summed E-state index contributed by atoms with van der Waals surface area (Å²) in [7, 11) is 0.386. The number of hydrogen-bond donors (Lipinski definition) is 1. The van der Waals surface area contributed by atoms with Crippen molar-refractivity contribution in [2.45, 2.75) is 25.1 Å². The molecule has 0 saturated carbocycles. The number of guanidine groups is 1. The minimum atomic E-state index is -3.36. The molecule has 2 rings (SSSR count). The van der Waals surface area contributed by atoms with Crippen LogP contribution in [0.1, 0.15) is 24.0 Å². The number of benzene rings is 1. The van der Waals surface area contributed by atoms with Gasteiger partial charge < -0.3 is 15.0 Å². The number of ether oxygens (including phenoxy) is 1. The lowest BCUT2D eigenvalue weighted by Gasteiger charge is -2.26. The highest BCUT2D eigenvalue weighted by atomic mass is 32.2. The SMILES string of the molecule is C=CCCCN(C)C(=NC)NCc1ccccc1CS(=O)(=O)N1CCOCC1. The van der Waals surface area contributed by atoms with Crippen LogP contribution >= 0.6 is 0 Å². The second-order valence-electron chi connectivity index (χ2n) is 6.79. The summed E-state index contributed by atoms with van der Waals surface area (Å²) in [5.41, 5.74) is 1.77. The average Bonchev–Trinajstić information content (AvgIpc) is 2.70. The molecule has 0 bridgehead atoms. The van der Waals surface area contributed by atoms with Crippen LogP contribution in [0.15, 0.2) is 41.9 Å². The first-order valence-corrected chi connectivity index (χ1v) is 11.2. The number of hydrogen-bond acceptors (Lipinski definition) is 4. The van der Waals surface area contributed by atoms with Crippen LogP contribution in [-0.4, -0.2) is 70.5 Å². The van der Waals surface area contributed by atoms with E-state index in [2.05, 4.69) is 21.8 Å². The quantitative estimate of drug-likeness (QED) is 0.292. The van der Waals surface area contributed by atoms with E-state index in [1.54, 1.807) is 7.05 Å². The molecule has 1 aliphatic heterocycles. The first kappa shape index (κ1) is 22.4. The maximum Gasteiger partial charge on any atom is 0.218 e. The predicted molar refractivity (Wildman–Crippen MR) is 114 cm³/mol. The van der Waals surface area contributed by atoms with Gasteiger partial charge in [-0.15, -0.1) is 6.58 Å². The highest BCUT2D eigenvalue weighted by Gasteiger charge is 2.25. The molecular weight excluding hydrogens is 376 g/mol. The zero-order valence-corrected chi connectivity index (χ0v) is 17.7. The van der Waals surface area contributed by atoms with Crippen molar-refractivity contribution in [3.8, 4) is 0 Å². The van der Waals surface area contributed by atoms with Crippen molar-refractivity contribution >= 4 is 16.0 Å². The van der Waals surface area contributed by atoms with Gasteiger partial charge in [0.25, 0.3) is 0 Å². The minimum Gasteiger partial charge on any atom is -0.379 e. The van der Waals surface area contributed by atoms with Crippen molar-refractivity contribution in [3.05, 3.63) is 48.0 Å². The molecule has 1 aliphatic rings. The van der Waals surface area contributed by atoms with Gasteiger partial charge in [-0.25, -0.2) is 8.42 Å². The molecule has 8 heteroatoms. The molecule has 0 atom stereocenters. The third-order valence-electron chi connectivity index (χ3n) is 4.73. The Bertz CT molecular complexity index is 758. The zero-order chi connectivity index (χ0) is 20.4. The summed E-state index contributed by atoms with van der Waals surface area (Å²) in [6.45, 7) is 6.90. The second-order valence-corrected chi connectivity index (χ2v) is 8.76. The van der Waals surface area contributed by atoms with Gasteiger partial charge in [-0.05, 0) is 24.0 Å². The molecule has 0 spiro atoms. The Labute approximate surface area is 169 Å². The number of allylic oxidation sites excluding steroid dienone is 1. The molecular formula is C20H32N4O3S. The van der Waals surface area contributed by atoms with Crippen molar-refractivity contribution in [2.24, 2.45) is 4.99 Å². The molecule has 1 saturated heterocycles. The van der Waals surface area contributed by atoms with Crippen LogP contribution in [0.2, 0.25) is 0 Å². The van der Waals surface area contributed by atoms with E-state index < -0.39 is 10.0 Å². The summed E-state index contributed by atoms with van der Waals surface area (Å²) < 4.78 is 32.3. The lowest BCUT2D eigenvalue weighted by molar-refractivity contribution is 0.0729. The molecule has 7 nitrogen and oxygen atoms in total. The second kappa shape index (κ2) is 11.2. The summed E-state index contributed by atoms with van der Waals surface area (Å²) in [5, 5.41) is 3.34. The number of nitrogens with zero attached hydrogens (tertiary/aromatic N) is 3. The Kier molecular flexibility index (Phi) is 8.95. The smallest absolute Gasteiger partial charge is 0.218 e. The van der Waals surface area contributed by atoms with Gasteiger partial charge >= 0.3 is 0 Å². The maximum atomic E-state index is 12.8. The average molecular weight is 409 g/mol. The van der Waals surface area contributed by atoms with E-state index in [-0.39, 0.29) is 5.75 Å². The van der Waals surface area contributed by atoms with Crippen LogP contribution in [0.5, 0.6) is 0 Å². The highest BCUT2D eigenvalue weighted by molar-refractivity contribution is 7.88. The topological polar surface area (TPSA) is 74.2 Å². The fourth-order valence-corrected chi connectivity index (χ4v) is 4.68. The van der Waals surface area contributed by atoms with Crippen LogP contribution in [0, 0.1) is 0 Å². The van der Waals surface area contributed by atoms with Gasteiger partial charge in [0.15, 0.2) is 5.96 Å². The monoisotopic (exact) mass is 408 g/mol. The van der Waals surface area contributed by atoms with Crippen molar-refractivity contribution in [3.63, 3.8) is 0 Å². The Hall–Kier alpha value is -1.90. The van der Waals surface area contributed by atoms with E-state index in [0.29, 0.717) is 32.8 Å². The Morgan fingerprint density at radius 2 is 2.00 bits per heavy atom. The molecule has 1 heterocycles. The van der Waals surface area contributed by atoms with E-state index in [0.717, 1.165) is 36.5 Å². The molecule has 28 heavy (non-hydrogen) atoms. The van der Waals surface area contributed by atoms with Crippen molar-refractivity contribution in [1.29, 1.82) is 0 Å². The lowest BCUT2D eigenvalue weighted by Crippen LogP contribution is -2.41. The molecule has 0 aromatic heterocycles. The third kappa shape index (κ3) is 6.61. The molecule has 0 radical (unpaired) electrons. The molecule has 0 amide bonds. The largest absolute Gasteiger partial charge is 0.379 e. The number of aliphatic imine (C=N–C) groups is 1. The number of rotatable bonds is 9. The standard InChI is InChI=1S/C20H32N4O3S/c1-4-5-8-11-23(3)20(21-2)22-16-18-9-6-7-10-19(18)17-28(25,26)24-12-14-27-15-13-24/h4,6-7,9-10H,1,5,8,11-17H2,2-3H3,(H,21,22). The van der Waals surface area contributed by atoms with E-state index >= 15 is 0 Å². The Morgan fingerprint density at radius 1 is 1.32 bits per heavy atom. The van der Waals surface area contributed by atoms with Crippen molar-refractivity contribution in [1.82, 2.24) is 14.5 Å². The van der Waals surface area contributed by atoms with Gasteiger partial charge in [0.05, 0.1) is 19.0 Å². The minimum absolute atomic E-state index is 0.00136. The zero-order valence-electron chi connectivity index (χ0n) is 16.9. The number of sulfonamides is 1. The van der Waals surface area contributed by atoms with Crippen molar-refractivity contribution < 1.29 is 13.2 Å². The van der Waals surface area contributed by atoms with E-state index in [1.807, 2.05) is 37.4 Å². The van der Waals surface area contributed by atoms with Gasteiger partial charge in [-0.1, -0.05) is 30.3 Å². The summed E-state index contributed by atoms with van der Waals surface area (Å²) in [5.74, 6) is 0.786. The van der Waals surface area contributed by atoms with Crippen LogP contribution in [-0.2, 0) is 27.1 Å². The molecule has 0 unspecified atom stereocenters. The third-order valence-corrected chi connectivity index (χ3v) is 6.56. The van der Waals surface area contributed by atoms with E-state index in [4.69, 9.17) is 4.74 Å². The molecule has 1 N–H and O–H groups in total. The highest BCUT2D eigenvalue weighted by Crippen LogP contribution is 2.16. The van der Waals surface area contributed by atoms with E-state index in [9.17, 15) is 8.42 Å². The van der Waals surface area contributed by atoms with Gasteiger partial charge in [-0.2, -0.15) is 4.31 Å². The summed E-state index contributed by atoms with van der Waals surface area (Å²) in [6, 6.07) is 7.65. The maximum absolute atomic E-state index is 12.8. The number of unbranched alkanes of at least 4 members (excludes halogenated alkanes) is 1. The Morgan fingerprint density at radius 3 is 2.64 bits per heavy atom. The summed E-state index contributed by atoms with van der Waals surface area (Å²) in [4.78, 5) is 6.39. The van der Waals surface area contributed by atoms with Gasteiger partial charge in [0, 0.05) is 40.3 Å². The van der Waals surface area contributed by atoms with Crippen LogP contribution < -0.4 is 5.32 Å². The number of nitrogens with one attached hydrogen (secondary N) is 1. The van der Waals surface area contributed by atoms with E-state index in [1.165, 1.54) is 4.31 Å². The molecule has 1 aromatic carbocycles. The fourth-order valence-electron chi connectivity index (χ4n) is 3.12. The summed E-state index contributed by atoms with van der Waals surface area (Å²) in [6.07, 6.45) is 3.88. The van der Waals surface area contributed by atoms with Crippen LogP contribution in [0.3, 0.4) is 0 Å². The molecule has 1 aromatic rings. The lowest BCUT2D eigenvalue weighted by atomic mass is 10.1. The fraction of sp³-hybridized carbons (Fsp3) is 0.550. The predicted octanol–water partition coefficient (Wildman–Crippen LogP) is 1.82. The van der Waals surface area contributed by atoms with Gasteiger partial charge in [-0.3, -0.25) is 4.99 Å². The first-order chi connectivity index (χ1) is 13.5. The van der Waals surface area contributed by atoms with Crippen LogP contribution in [0.25, 0.3) is 0 Å². The number of morpholine rings is 1. The summed E-state index contributed by atoms with van der Waals surface area (Å²) >= 11 is 0. The Balaban J connectivity index is 2.02. The first-order valence-electron chi connectivity index (χ1n) is 9.63. The molecule has 0 aliphatic carbocycles. The van der Waals surface area contributed by atoms with Gasteiger partial charge in [0.2, 0.25) is 10.0 Å². The van der Waals surface area contributed by atoms with Gasteiger partial charge in [0.1, 0.15) is 0 Å². The molecule has 1 fully saturated rings. The van der Waals surface area contributed by atoms with Crippen LogP contribution in [0.4, 0.5) is 0 Å². The molecule has 156 valence electrons.